The van der Waals surface area contributed by atoms with Gasteiger partial charge in [0.15, 0.2) is 11.6 Å². The summed E-state index contributed by atoms with van der Waals surface area (Å²) in [5.41, 5.74) is 27.0. The number of aromatic nitrogens is 2. The van der Waals surface area contributed by atoms with Crippen molar-refractivity contribution in [3.05, 3.63) is 243 Å². The lowest BCUT2D eigenvalue weighted by Gasteiger charge is -2.28. The molecule has 0 spiro atoms. The lowest BCUT2D eigenvalue weighted by atomic mass is 9.82. The van der Waals surface area contributed by atoms with Crippen LogP contribution in [0.4, 0.5) is 17.1 Å². The van der Waals surface area contributed by atoms with Crippen LogP contribution in [0, 0.1) is 55.4 Å². The van der Waals surface area contributed by atoms with E-state index < -0.39 is 0 Å². The van der Waals surface area contributed by atoms with Crippen molar-refractivity contribution in [2.45, 2.75) is 55.4 Å². The summed E-state index contributed by atoms with van der Waals surface area (Å²) in [5, 5.41) is 0. The third kappa shape index (κ3) is 9.18. The third-order valence-electron chi connectivity index (χ3n) is 15.4. The number of hydrogen-bond acceptors (Lipinski definition) is 7. The average Bonchev–Trinajstić information content (AvgIpc) is 3.45. The Labute approximate surface area is 451 Å². The monoisotopic (exact) mass is 1010 g/mol. The molecule has 378 valence electrons. The second-order valence-corrected chi connectivity index (χ2v) is 20.5. The molecule has 0 saturated heterocycles. The van der Waals surface area contributed by atoms with E-state index >= 15 is 0 Å². The standard InChI is InChI=1S/C70H59N3O4/c1-40-32-61(43(4)29-58(40)48-15-26-57-65(37-48)70(75)56-14-12-11-13-55(56)69(57)74)62-33-41(2)59(30-44(62)5)49-16-27-66(71-38-49)67-28-17-50(39-72-67)60-31-45(6)63(34-42(60)3)64-35-47(8)68(36-46(64)7)73(51-18-22-53(76-9)23-19-51)52-20-24-54(77-10)25-21-52/h11-39H,1-10H3. The summed E-state index contributed by atoms with van der Waals surface area (Å²) in [4.78, 5) is 39.0. The van der Waals surface area contributed by atoms with Crippen LogP contribution >= 0.6 is 0 Å². The predicted molar refractivity (Wildman–Crippen MR) is 314 cm³/mol. The number of nitrogens with zero attached hydrogens (tertiary/aromatic N) is 3. The van der Waals surface area contributed by atoms with Crippen molar-refractivity contribution < 1.29 is 19.1 Å². The van der Waals surface area contributed by atoms with Crippen molar-refractivity contribution in [3.8, 4) is 78.5 Å². The SMILES string of the molecule is COc1ccc(N(c2ccc(OC)cc2)c2cc(C)c(-c3cc(C)c(-c4ccc(-c5ccc(-c6cc(C)c(-c7cc(C)c(-c8ccc9c(c8)C(=O)c8ccccc8C9=O)cc7C)cc6C)cn5)nc4)cc3C)cc2C)cc1. The van der Waals surface area contributed by atoms with E-state index in [-0.39, 0.29) is 11.6 Å². The van der Waals surface area contributed by atoms with Crippen LogP contribution in [0.3, 0.4) is 0 Å². The number of ketones is 2. The van der Waals surface area contributed by atoms with Gasteiger partial charge in [0.25, 0.3) is 0 Å². The van der Waals surface area contributed by atoms with Crippen LogP contribution in [0.1, 0.15) is 76.4 Å². The molecule has 0 fully saturated rings. The lowest BCUT2D eigenvalue weighted by molar-refractivity contribution is 0.0979. The summed E-state index contributed by atoms with van der Waals surface area (Å²) < 4.78 is 11.0. The molecule has 0 saturated carbocycles. The number of methoxy groups -OCH3 is 2. The van der Waals surface area contributed by atoms with Crippen LogP contribution < -0.4 is 14.4 Å². The van der Waals surface area contributed by atoms with Crippen molar-refractivity contribution in [2.24, 2.45) is 0 Å². The van der Waals surface area contributed by atoms with Crippen LogP contribution in [0.15, 0.2) is 176 Å². The van der Waals surface area contributed by atoms with E-state index in [1.54, 1.807) is 44.6 Å². The highest BCUT2D eigenvalue weighted by atomic mass is 16.5. The molecule has 0 aliphatic heterocycles. The molecule has 10 aromatic rings. The van der Waals surface area contributed by atoms with Gasteiger partial charge in [-0.15, -0.1) is 0 Å². The second-order valence-electron chi connectivity index (χ2n) is 20.5. The highest BCUT2D eigenvalue weighted by Crippen LogP contribution is 2.43. The fourth-order valence-electron chi connectivity index (χ4n) is 11.2. The molecular formula is C70H59N3O4. The van der Waals surface area contributed by atoms with Gasteiger partial charge in [0.1, 0.15) is 11.5 Å². The number of fused-ring (bicyclic) bond motifs is 2. The molecule has 2 heterocycles. The summed E-state index contributed by atoms with van der Waals surface area (Å²) in [6.45, 7) is 17.3. The van der Waals surface area contributed by atoms with Gasteiger partial charge in [0.2, 0.25) is 0 Å². The predicted octanol–water partition coefficient (Wildman–Crippen LogP) is 17.2. The molecule has 11 rings (SSSR count). The zero-order chi connectivity index (χ0) is 53.8. The molecule has 0 radical (unpaired) electrons. The molecule has 7 nitrogen and oxygen atoms in total. The summed E-state index contributed by atoms with van der Waals surface area (Å²) in [6, 6.07) is 55.7. The molecule has 0 N–H and O–H groups in total. The van der Waals surface area contributed by atoms with Gasteiger partial charge in [-0.1, -0.05) is 78.9 Å². The van der Waals surface area contributed by atoms with E-state index in [9.17, 15) is 9.59 Å². The van der Waals surface area contributed by atoms with Crippen molar-refractivity contribution in [3.63, 3.8) is 0 Å². The normalized spacial score (nSPS) is 11.8. The number of ether oxygens (including phenoxy) is 2. The molecule has 8 aromatic carbocycles. The van der Waals surface area contributed by atoms with Crippen LogP contribution in [0.25, 0.3) is 67.0 Å². The van der Waals surface area contributed by atoms with Gasteiger partial charge in [0.05, 0.1) is 25.6 Å². The number of hydrogen-bond donors (Lipinski definition) is 0. The molecule has 77 heavy (non-hydrogen) atoms. The largest absolute Gasteiger partial charge is 0.497 e. The first-order valence-corrected chi connectivity index (χ1v) is 26.0. The highest BCUT2D eigenvalue weighted by Gasteiger charge is 2.30. The molecule has 0 bridgehead atoms. The Hall–Kier alpha value is -9.20. The van der Waals surface area contributed by atoms with Gasteiger partial charge in [-0.2, -0.15) is 0 Å². The maximum absolute atomic E-state index is 13.6. The Morgan fingerprint density at radius 1 is 0.325 bits per heavy atom. The number of carbonyl (C=O) groups is 2. The Balaban J connectivity index is 0.809. The quantitative estimate of drug-likeness (QED) is 0.128. The fraction of sp³-hybridized carbons (Fsp3) is 0.143. The van der Waals surface area contributed by atoms with Gasteiger partial charge in [-0.3, -0.25) is 19.6 Å². The van der Waals surface area contributed by atoms with Crippen molar-refractivity contribution in [1.82, 2.24) is 9.97 Å². The Morgan fingerprint density at radius 2 is 0.675 bits per heavy atom. The Morgan fingerprint density at radius 3 is 1.09 bits per heavy atom. The average molecular weight is 1010 g/mol. The van der Waals surface area contributed by atoms with Crippen LogP contribution in [0.2, 0.25) is 0 Å². The summed E-state index contributed by atoms with van der Waals surface area (Å²) in [6.07, 6.45) is 3.91. The summed E-state index contributed by atoms with van der Waals surface area (Å²) in [7, 11) is 3.38. The topological polar surface area (TPSA) is 81.6 Å². The zero-order valence-electron chi connectivity index (χ0n) is 45.2. The van der Waals surface area contributed by atoms with Gasteiger partial charge < -0.3 is 14.4 Å². The molecular weight excluding hydrogens is 947 g/mol. The minimum absolute atomic E-state index is 0.108. The molecule has 0 unspecified atom stereocenters. The summed E-state index contributed by atoms with van der Waals surface area (Å²) in [5.74, 6) is 1.40. The van der Waals surface area contributed by atoms with E-state index in [1.165, 1.54) is 38.9 Å². The van der Waals surface area contributed by atoms with E-state index in [4.69, 9.17) is 19.4 Å². The van der Waals surface area contributed by atoms with E-state index in [1.807, 2.05) is 48.8 Å². The number of benzene rings is 8. The zero-order valence-corrected chi connectivity index (χ0v) is 45.2. The number of rotatable bonds is 11. The second kappa shape index (κ2) is 20.2. The molecule has 2 aromatic heterocycles. The van der Waals surface area contributed by atoms with Crippen molar-refractivity contribution in [2.75, 3.05) is 19.1 Å². The van der Waals surface area contributed by atoms with Crippen LogP contribution in [0.5, 0.6) is 11.5 Å². The number of aryl methyl sites for hydroxylation is 8. The smallest absolute Gasteiger partial charge is 0.194 e. The maximum Gasteiger partial charge on any atom is 0.194 e. The van der Waals surface area contributed by atoms with Gasteiger partial charge in [-0.05, 0) is 229 Å². The minimum atomic E-state index is -0.111. The van der Waals surface area contributed by atoms with Crippen molar-refractivity contribution >= 4 is 28.6 Å². The lowest BCUT2D eigenvalue weighted by Crippen LogP contribution is -2.20. The Bertz CT molecular complexity index is 3940. The highest BCUT2D eigenvalue weighted by molar-refractivity contribution is 6.28. The third-order valence-corrected chi connectivity index (χ3v) is 15.4. The number of pyridine rings is 2. The molecule has 0 amide bonds. The fourth-order valence-corrected chi connectivity index (χ4v) is 11.2. The first kappa shape index (κ1) is 50.0. The summed E-state index contributed by atoms with van der Waals surface area (Å²) >= 11 is 0. The Kier molecular flexibility index (Phi) is 13.1. The van der Waals surface area contributed by atoms with Gasteiger partial charge in [0, 0.05) is 62.8 Å². The molecule has 1 aliphatic carbocycles. The van der Waals surface area contributed by atoms with Crippen LogP contribution in [-0.2, 0) is 0 Å². The number of anilines is 3. The van der Waals surface area contributed by atoms with Crippen LogP contribution in [-0.4, -0.2) is 35.8 Å². The van der Waals surface area contributed by atoms with Crippen molar-refractivity contribution in [1.29, 1.82) is 0 Å². The number of carbonyl (C=O) groups excluding carboxylic acids is 2. The molecule has 7 heteroatoms. The first-order chi connectivity index (χ1) is 37.2. The van der Waals surface area contributed by atoms with Gasteiger partial charge in [-0.25, -0.2) is 0 Å². The van der Waals surface area contributed by atoms with E-state index in [0.717, 1.165) is 101 Å². The van der Waals surface area contributed by atoms with E-state index in [2.05, 4.69) is 157 Å². The minimum Gasteiger partial charge on any atom is -0.497 e. The van der Waals surface area contributed by atoms with Gasteiger partial charge >= 0.3 is 0 Å². The molecule has 0 atom stereocenters. The maximum atomic E-state index is 13.6. The first-order valence-electron chi connectivity index (χ1n) is 26.0. The molecule has 1 aliphatic rings. The van der Waals surface area contributed by atoms with E-state index in [0.29, 0.717) is 22.3 Å².